The second-order valence-corrected chi connectivity index (χ2v) is 13.4. The van der Waals surface area contributed by atoms with Gasteiger partial charge in [-0.3, -0.25) is 0 Å². The molecule has 0 saturated heterocycles. The minimum Gasteiger partial charge on any atom is -0.744 e. The maximum absolute atomic E-state index is 12.8. The van der Waals surface area contributed by atoms with Crippen LogP contribution in [0.4, 0.5) is 0 Å². The molecule has 0 radical (unpaired) electrons. The third-order valence-corrected chi connectivity index (χ3v) is 9.01. The van der Waals surface area contributed by atoms with Gasteiger partial charge in [0, 0.05) is 6.54 Å². The van der Waals surface area contributed by atoms with Gasteiger partial charge in [-0.15, -0.1) is 3.82 Å². The molecule has 0 heterocycles. The van der Waals surface area contributed by atoms with Crippen molar-refractivity contribution in [1.29, 1.82) is 0 Å². The van der Waals surface area contributed by atoms with E-state index in [9.17, 15) is 21.4 Å². The summed E-state index contributed by atoms with van der Waals surface area (Å²) in [5.74, 6) is 0.243. The zero-order valence-electron chi connectivity index (χ0n) is 20.7. The predicted octanol–water partition coefficient (Wildman–Crippen LogP) is 2.63. The van der Waals surface area contributed by atoms with E-state index < -0.39 is 25.6 Å². The van der Waals surface area contributed by atoms with Crippen molar-refractivity contribution < 1.29 is 50.9 Å². The van der Waals surface area contributed by atoms with Gasteiger partial charge >= 0.3 is 29.6 Å². The van der Waals surface area contributed by atoms with Gasteiger partial charge in [0.05, 0.1) is 9.79 Å². The third kappa shape index (κ3) is 7.29. The van der Waals surface area contributed by atoms with Crippen molar-refractivity contribution in [2.24, 2.45) is 5.41 Å². The average Bonchev–Trinajstić information content (AvgIpc) is 2.95. The zero-order valence-corrected chi connectivity index (χ0v) is 25.0. The summed E-state index contributed by atoms with van der Waals surface area (Å²) in [6, 6.07) is 16.8. The number of sulfonamides is 1. The molecule has 0 bridgehead atoms. The van der Waals surface area contributed by atoms with Crippen LogP contribution in [0.1, 0.15) is 51.2 Å². The van der Waals surface area contributed by atoms with Gasteiger partial charge in [-0.05, 0) is 76.4 Å². The first kappa shape index (κ1) is 30.3. The summed E-state index contributed by atoms with van der Waals surface area (Å²) in [7, 11) is -8.50. The normalized spacial score (nSPS) is 12.8. The van der Waals surface area contributed by atoms with Crippen molar-refractivity contribution in [2.75, 3.05) is 6.54 Å². The minimum absolute atomic E-state index is 0. The molecule has 0 N–H and O–H groups in total. The van der Waals surface area contributed by atoms with Gasteiger partial charge in [-0.1, -0.05) is 70.2 Å². The molecule has 0 amide bonds. The summed E-state index contributed by atoms with van der Waals surface area (Å²) in [5.41, 5.74) is 2.34. The van der Waals surface area contributed by atoms with E-state index in [1.165, 1.54) is 18.2 Å². The maximum atomic E-state index is 12.8. The van der Waals surface area contributed by atoms with Crippen LogP contribution in [0.3, 0.4) is 0 Å². The van der Waals surface area contributed by atoms with Crippen LogP contribution >= 0.6 is 11.8 Å². The fourth-order valence-electron chi connectivity index (χ4n) is 3.88. The molecule has 0 unspecified atom stereocenters. The number of halogens is 1. The molecular weight excluding hydrogens is 517 g/mol. The van der Waals surface area contributed by atoms with Gasteiger partial charge in [0.1, 0.15) is 10.1 Å². The molecule has 6 nitrogen and oxygen atoms in total. The summed E-state index contributed by atoms with van der Waals surface area (Å²) < 4.78 is 62.2. The molecule has 2 aliphatic carbocycles. The Hall–Kier alpha value is -0.970. The number of hydrogen-bond donors (Lipinski definition) is 0. The molecule has 0 atom stereocenters. The molecule has 0 aromatic heterocycles. The first-order chi connectivity index (χ1) is 15.7. The summed E-state index contributed by atoms with van der Waals surface area (Å²) in [4.78, 5) is -0.117. The summed E-state index contributed by atoms with van der Waals surface area (Å²) >= 11 is 6.22. The Morgan fingerprint density at radius 2 is 1.51 bits per heavy atom. The average molecular weight is 546 g/mol. The van der Waals surface area contributed by atoms with Crippen LogP contribution in [0.25, 0.3) is 11.1 Å². The van der Waals surface area contributed by atoms with Crippen LogP contribution in [-0.2, 0) is 26.6 Å². The van der Waals surface area contributed by atoms with Crippen molar-refractivity contribution in [3.05, 3.63) is 71.8 Å². The van der Waals surface area contributed by atoms with Crippen molar-refractivity contribution in [3.63, 3.8) is 0 Å². The summed E-state index contributed by atoms with van der Waals surface area (Å²) in [6.07, 6.45) is 0.976. The molecule has 2 aliphatic rings. The number of benzene rings is 1. The Labute approximate surface area is 236 Å². The Morgan fingerprint density at radius 3 is 2.06 bits per heavy atom. The van der Waals surface area contributed by atoms with E-state index >= 15 is 0 Å². The number of hydrogen-bond acceptors (Lipinski definition) is 5. The Balaban J connectivity index is 0.00000432. The molecule has 0 aliphatic heterocycles. The summed E-state index contributed by atoms with van der Waals surface area (Å²) in [6.45, 7) is 7.93. The zero-order chi connectivity index (χ0) is 25.3. The maximum Gasteiger partial charge on any atom is 1.00 e. The van der Waals surface area contributed by atoms with Crippen LogP contribution < -0.4 is 29.6 Å². The first-order valence-corrected chi connectivity index (χ1v) is 14.2. The Morgan fingerprint density at radius 1 is 0.943 bits per heavy atom. The van der Waals surface area contributed by atoms with Crippen molar-refractivity contribution in [1.82, 2.24) is 3.82 Å². The fraction of sp³-hybridized carbons (Fsp3) is 0.360. The minimum atomic E-state index is -4.65. The molecular formula is C25H29ClNNaO5S2. The van der Waals surface area contributed by atoms with E-state index in [2.05, 4.69) is 0 Å². The van der Waals surface area contributed by atoms with E-state index in [-0.39, 0.29) is 51.8 Å². The molecule has 0 fully saturated rings. The van der Waals surface area contributed by atoms with Crippen LogP contribution in [0.15, 0.2) is 70.5 Å². The van der Waals surface area contributed by atoms with E-state index in [0.29, 0.717) is 24.0 Å². The molecule has 35 heavy (non-hydrogen) atoms. The van der Waals surface area contributed by atoms with Gasteiger partial charge in [-0.25, -0.2) is 16.8 Å². The Kier molecular flexibility index (Phi) is 10.0. The summed E-state index contributed by atoms with van der Waals surface area (Å²) in [5, 5.41) is 0. The van der Waals surface area contributed by atoms with Gasteiger partial charge in [0.15, 0.2) is 0 Å². The molecule has 184 valence electrons. The third-order valence-electron chi connectivity index (χ3n) is 5.95. The molecule has 3 rings (SSSR count). The van der Waals surface area contributed by atoms with Crippen molar-refractivity contribution in [2.45, 2.75) is 56.2 Å². The van der Waals surface area contributed by atoms with E-state index in [1.54, 1.807) is 24.3 Å². The van der Waals surface area contributed by atoms with Gasteiger partial charge < -0.3 is 4.55 Å². The Bertz CT molecular complexity index is 1340. The fourth-order valence-corrected chi connectivity index (χ4v) is 6.43. The smallest absolute Gasteiger partial charge is 0.744 e. The van der Waals surface area contributed by atoms with Crippen LogP contribution in [0.2, 0.25) is 0 Å². The van der Waals surface area contributed by atoms with Crippen molar-refractivity contribution >= 4 is 31.9 Å². The molecule has 10 heteroatoms. The van der Waals surface area contributed by atoms with Gasteiger partial charge in [-0.2, -0.15) is 0 Å². The van der Waals surface area contributed by atoms with Crippen LogP contribution in [0.5, 0.6) is 0 Å². The first-order valence-electron chi connectivity index (χ1n) is 11.0. The van der Waals surface area contributed by atoms with E-state index in [1.807, 2.05) is 45.9 Å². The molecule has 0 saturated carbocycles. The molecule has 1 aromatic rings. The number of fused-ring (bicyclic) bond motifs is 1. The molecule has 1 aromatic carbocycles. The topological polar surface area (TPSA) is 94.6 Å². The van der Waals surface area contributed by atoms with Crippen LogP contribution in [0, 0.1) is 5.41 Å². The number of rotatable bonds is 9. The SMILES string of the molecule is CC(C)c1ccc2c(CCC(C)(C)CN(Cl)S(=O)(=O)c3ccccc3)cc(S(=O)(=O)[O-])c-2cc1.[Na+]. The second-order valence-electron chi connectivity index (χ2n) is 9.56. The second kappa shape index (κ2) is 11.6. The van der Waals surface area contributed by atoms with E-state index in [0.717, 1.165) is 15.0 Å². The molecule has 0 spiro atoms. The van der Waals surface area contributed by atoms with Crippen molar-refractivity contribution in [3.8, 4) is 11.1 Å². The monoisotopic (exact) mass is 545 g/mol. The predicted molar refractivity (Wildman–Crippen MR) is 133 cm³/mol. The van der Waals surface area contributed by atoms with Gasteiger partial charge in [0.2, 0.25) is 0 Å². The largest absolute Gasteiger partial charge is 1.00 e. The van der Waals surface area contributed by atoms with E-state index in [4.69, 9.17) is 11.8 Å². The van der Waals surface area contributed by atoms with Crippen LogP contribution in [-0.4, -0.2) is 31.8 Å². The van der Waals surface area contributed by atoms with Gasteiger partial charge in [0.25, 0.3) is 10.0 Å². The standard InChI is InChI=1S/C25H30ClNO5S2.Na/c1-18(2)19-10-12-22-20(16-24(34(30,31)32)23(22)13-11-19)14-15-25(3,4)17-27(26)33(28,29)21-8-6-5-7-9-21;/h5-13,16,18H,14-15,17H2,1-4H3,(H,30,31,32);/q;+1/p-1. The number of nitrogens with zero attached hydrogens (tertiary/aromatic N) is 1. The number of aryl methyl sites for hydroxylation is 1. The quantitative estimate of drug-likeness (QED) is 0.234.